The molecule has 0 saturated carbocycles. The van der Waals surface area contributed by atoms with Crippen LogP contribution in [0.5, 0.6) is 5.75 Å². The maximum atomic E-state index is 8.63. The predicted molar refractivity (Wildman–Crippen MR) is 96.1 cm³/mol. The van der Waals surface area contributed by atoms with Gasteiger partial charge in [0.25, 0.3) is 0 Å². The van der Waals surface area contributed by atoms with Crippen LogP contribution in [0.25, 0.3) is 0 Å². The highest BCUT2D eigenvalue weighted by molar-refractivity contribution is 9.10. The third kappa shape index (κ3) is 10.3. The number of ether oxygens (including phenoxy) is 1. The van der Waals surface area contributed by atoms with Crippen molar-refractivity contribution < 1.29 is 9.84 Å². The van der Waals surface area contributed by atoms with Crippen molar-refractivity contribution in [3.63, 3.8) is 0 Å². The molecule has 0 saturated heterocycles. The van der Waals surface area contributed by atoms with Gasteiger partial charge >= 0.3 is 0 Å². The molecule has 0 spiro atoms. The van der Waals surface area contributed by atoms with E-state index in [-0.39, 0.29) is 31.4 Å². The Labute approximate surface area is 148 Å². The van der Waals surface area contributed by atoms with Gasteiger partial charge in [0, 0.05) is 23.1 Å². The van der Waals surface area contributed by atoms with Crippen molar-refractivity contribution >= 4 is 40.7 Å². The van der Waals surface area contributed by atoms with Crippen LogP contribution < -0.4 is 15.4 Å². The minimum Gasteiger partial charge on any atom is -0.494 e. The second kappa shape index (κ2) is 14.9. The third-order valence-electron chi connectivity index (χ3n) is 2.63. The zero-order chi connectivity index (χ0) is 13.9. The molecule has 7 heteroatoms. The number of halogens is 3. The Morgan fingerprint density at radius 1 is 1.14 bits per heavy atom. The van der Waals surface area contributed by atoms with Crippen molar-refractivity contribution in [2.45, 2.75) is 19.9 Å². The van der Waals surface area contributed by atoms with E-state index in [2.05, 4.69) is 32.6 Å². The summed E-state index contributed by atoms with van der Waals surface area (Å²) in [7, 11) is 0. The summed E-state index contributed by atoms with van der Waals surface area (Å²) in [6.45, 7) is 6.20. The molecule has 124 valence electrons. The molecule has 1 aromatic rings. The molecule has 0 heterocycles. The second-order valence-electron chi connectivity index (χ2n) is 4.19. The molecule has 1 rings (SSSR count). The number of aliphatic hydroxyl groups excluding tert-OH is 1. The Balaban J connectivity index is 0. The van der Waals surface area contributed by atoms with Gasteiger partial charge < -0.3 is 20.5 Å². The van der Waals surface area contributed by atoms with Crippen molar-refractivity contribution in [3.8, 4) is 5.75 Å². The van der Waals surface area contributed by atoms with Crippen LogP contribution in [0.15, 0.2) is 22.7 Å². The second-order valence-corrected chi connectivity index (χ2v) is 5.10. The summed E-state index contributed by atoms with van der Waals surface area (Å²) in [5.41, 5.74) is 1.17. The van der Waals surface area contributed by atoms with Crippen LogP contribution in [0.4, 0.5) is 0 Å². The predicted octanol–water partition coefficient (Wildman–Crippen LogP) is 2.75. The van der Waals surface area contributed by atoms with Crippen molar-refractivity contribution in [2.75, 3.05) is 32.8 Å². The fourth-order valence-corrected chi connectivity index (χ4v) is 2.16. The molecule has 0 aliphatic heterocycles. The molecule has 0 radical (unpaired) electrons. The van der Waals surface area contributed by atoms with Gasteiger partial charge in [0.05, 0.1) is 13.2 Å². The average Bonchev–Trinajstić information content (AvgIpc) is 2.41. The highest BCUT2D eigenvalue weighted by Crippen LogP contribution is 2.23. The van der Waals surface area contributed by atoms with Gasteiger partial charge in [-0.2, -0.15) is 0 Å². The molecule has 21 heavy (non-hydrogen) atoms. The first-order valence-electron chi connectivity index (χ1n) is 6.71. The molecule has 0 aliphatic rings. The summed E-state index contributed by atoms with van der Waals surface area (Å²) in [5, 5.41) is 15.2. The number of aliphatic hydroxyl groups is 1. The van der Waals surface area contributed by atoms with Crippen molar-refractivity contribution in [1.82, 2.24) is 10.6 Å². The fourth-order valence-electron chi connectivity index (χ4n) is 1.75. The molecule has 0 atom stereocenters. The Kier molecular flexibility index (Phi) is 16.5. The minimum absolute atomic E-state index is 0. The fraction of sp³-hybridized carbons (Fsp3) is 0.571. The first kappa shape index (κ1) is 23.2. The van der Waals surface area contributed by atoms with Crippen LogP contribution in [0.3, 0.4) is 0 Å². The van der Waals surface area contributed by atoms with Crippen LogP contribution in [-0.4, -0.2) is 38.0 Å². The molecule has 0 aromatic heterocycles. The van der Waals surface area contributed by atoms with Crippen LogP contribution in [0, 0.1) is 0 Å². The highest BCUT2D eigenvalue weighted by atomic mass is 79.9. The molecule has 4 nitrogen and oxygen atoms in total. The standard InChI is InChI=1S/C14H23BrN2O2.2ClH/c1-2-19-14-5-4-13(15)10-12(14)11-17-7-3-6-16-8-9-18;;/h4-5,10,16-18H,2-3,6-9,11H2,1H3;2*1H. The minimum atomic E-state index is 0. The maximum absolute atomic E-state index is 8.63. The Morgan fingerprint density at radius 2 is 1.86 bits per heavy atom. The highest BCUT2D eigenvalue weighted by Gasteiger charge is 2.03. The van der Waals surface area contributed by atoms with E-state index in [1.165, 1.54) is 5.56 Å². The van der Waals surface area contributed by atoms with Gasteiger partial charge in [0.1, 0.15) is 5.75 Å². The average molecular weight is 404 g/mol. The van der Waals surface area contributed by atoms with Gasteiger partial charge in [0.15, 0.2) is 0 Å². The van der Waals surface area contributed by atoms with E-state index in [9.17, 15) is 0 Å². The Bertz CT molecular complexity index is 371. The quantitative estimate of drug-likeness (QED) is 0.525. The molecule has 3 N–H and O–H groups in total. The maximum Gasteiger partial charge on any atom is 0.123 e. The SMILES string of the molecule is CCOc1ccc(Br)cc1CNCCCNCCO.Cl.Cl. The lowest BCUT2D eigenvalue weighted by atomic mass is 10.2. The number of rotatable bonds is 10. The molecule has 0 aliphatic carbocycles. The molecule has 0 bridgehead atoms. The van der Waals surface area contributed by atoms with E-state index in [0.717, 1.165) is 36.3 Å². The zero-order valence-corrected chi connectivity index (χ0v) is 15.5. The lowest BCUT2D eigenvalue weighted by Gasteiger charge is -2.11. The summed E-state index contributed by atoms with van der Waals surface area (Å²) in [5.74, 6) is 0.941. The summed E-state index contributed by atoms with van der Waals surface area (Å²) in [6, 6.07) is 6.07. The number of benzene rings is 1. The largest absolute Gasteiger partial charge is 0.494 e. The smallest absolute Gasteiger partial charge is 0.123 e. The van der Waals surface area contributed by atoms with Crippen molar-refractivity contribution in [1.29, 1.82) is 0 Å². The monoisotopic (exact) mass is 402 g/mol. The van der Waals surface area contributed by atoms with Gasteiger partial charge in [-0.1, -0.05) is 15.9 Å². The first-order chi connectivity index (χ1) is 9.27. The molecule has 0 unspecified atom stereocenters. The third-order valence-corrected chi connectivity index (χ3v) is 3.13. The van der Waals surface area contributed by atoms with E-state index < -0.39 is 0 Å². The van der Waals surface area contributed by atoms with E-state index >= 15 is 0 Å². The van der Waals surface area contributed by atoms with Crippen LogP contribution in [-0.2, 0) is 6.54 Å². The lowest BCUT2D eigenvalue weighted by molar-refractivity contribution is 0.292. The molecule has 1 aromatic carbocycles. The molecule has 0 amide bonds. The van der Waals surface area contributed by atoms with Gasteiger partial charge in [-0.3, -0.25) is 0 Å². The van der Waals surface area contributed by atoms with Gasteiger partial charge in [-0.05, 0) is 44.6 Å². The number of hydrogen-bond donors (Lipinski definition) is 3. The van der Waals surface area contributed by atoms with E-state index in [1.807, 2.05) is 19.1 Å². The van der Waals surface area contributed by atoms with Crippen molar-refractivity contribution in [2.24, 2.45) is 0 Å². The van der Waals surface area contributed by atoms with Gasteiger partial charge in [-0.25, -0.2) is 0 Å². The summed E-state index contributed by atoms with van der Waals surface area (Å²) in [6.07, 6.45) is 1.04. The number of hydrogen-bond acceptors (Lipinski definition) is 4. The summed E-state index contributed by atoms with van der Waals surface area (Å²) >= 11 is 3.48. The Hall–Kier alpha value is -0.0400. The van der Waals surface area contributed by atoms with Gasteiger partial charge in [-0.15, -0.1) is 24.8 Å². The molecular weight excluding hydrogens is 379 g/mol. The lowest BCUT2D eigenvalue weighted by Crippen LogP contribution is -2.24. The molecular formula is C14H25BrCl2N2O2. The van der Waals surface area contributed by atoms with E-state index in [4.69, 9.17) is 9.84 Å². The van der Waals surface area contributed by atoms with Crippen molar-refractivity contribution in [3.05, 3.63) is 28.2 Å². The normalized spacial score (nSPS) is 9.67. The van der Waals surface area contributed by atoms with Crippen LogP contribution in [0.1, 0.15) is 18.9 Å². The first-order valence-corrected chi connectivity index (χ1v) is 7.50. The molecule has 0 fully saturated rings. The van der Waals surface area contributed by atoms with E-state index in [1.54, 1.807) is 0 Å². The number of nitrogens with one attached hydrogen (secondary N) is 2. The Morgan fingerprint density at radius 3 is 2.52 bits per heavy atom. The van der Waals surface area contributed by atoms with Gasteiger partial charge in [0.2, 0.25) is 0 Å². The van der Waals surface area contributed by atoms with Crippen LogP contribution >= 0.6 is 40.7 Å². The topological polar surface area (TPSA) is 53.5 Å². The van der Waals surface area contributed by atoms with Crippen LogP contribution in [0.2, 0.25) is 0 Å². The summed E-state index contributed by atoms with van der Waals surface area (Å²) < 4.78 is 6.67. The summed E-state index contributed by atoms with van der Waals surface area (Å²) in [4.78, 5) is 0. The van der Waals surface area contributed by atoms with E-state index in [0.29, 0.717) is 13.2 Å². The zero-order valence-electron chi connectivity index (χ0n) is 12.2.